The first-order chi connectivity index (χ1) is 15.9. The van der Waals surface area contributed by atoms with Crippen LogP contribution >= 0.6 is 0 Å². The lowest BCUT2D eigenvalue weighted by atomic mass is 10.00. The average Bonchev–Trinajstić information content (AvgIpc) is 3.18. The summed E-state index contributed by atoms with van der Waals surface area (Å²) in [5.41, 5.74) is 6.82. The van der Waals surface area contributed by atoms with Gasteiger partial charge in [-0.3, -0.25) is 0 Å². The third-order valence-corrected chi connectivity index (χ3v) is 5.85. The van der Waals surface area contributed by atoms with Crippen LogP contribution in [-0.2, 0) is 16.0 Å². The molecule has 4 rings (SSSR count). The standard InChI is InChI=1S/C29H30O4/c1-5-31-28(30)29(3,4)33-25-13-11-24(12-14-25)32-17-16-20(2)21-10-15-27-23(18-21)19-22-8-6-7-9-26(22)27/h6-16,18H,5,17,19H2,1-4H3/b20-16-. The number of carbonyl (C=O) groups is 1. The molecule has 1 aliphatic rings. The van der Waals surface area contributed by atoms with Crippen LogP contribution in [0.15, 0.2) is 72.8 Å². The molecule has 0 N–H and O–H groups in total. The predicted molar refractivity (Wildman–Crippen MR) is 132 cm³/mol. The molecule has 0 heterocycles. The molecule has 3 aromatic rings. The molecule has 0 fully saturated rings. The highest BCUT2D eigenvalue weighted by Gasteiger charge is 2.31. The van der Waals surface area contributed by atoms with E-state index in [-0.39, 0.29) is 5.97 Å². The number of hydrogen-bond donors (Lipinski definition) is 0. The highest BCUT2D eigenvalue weighted by molar-refractivity contribution is 5.80. The number of allylic oxidation sites excluding steroid dienone is 1. The molecule has 0 atom stereocenters. The van der Waals surface area contributed by atoms with Gasteiger partial charge < -0.3 is 14.2 Å². The summed E-state index contributed by atoms with van der Waals surface area (Å²) in [4.78, 5) is 12.0. The van der Waals surface area contributed by atoms with E-state index in [1.54, 1.807) is 32.9 Å². The van der Waals surface area contributed by atoms with Crippen molar-refractivity contribution in [3.8, 4) is 22.6 Å². The van der Waals surface area contributed by atoms with Gasteiger partial charge in [-0.1, -0.05) is 42.5 Å². The van der Waals surface area contributed by atoms with E-state index in [1.807, 2.05) is 12.1 Å². The number of rotatable bonds is 8. The van der Waals surface area contributed by atoms with Crippen molar-refractivity contribution in [1.82, 2.24) is 0 Å². The number of benzene rings is 3. The van der Waals surface area contributed by atoms with E-state index >= 15 is 0 Å². The van der Waals surface area contributed by atoms with Gasteiger partial charge in [0, 0.05) is 0 Å². The van der Waals surface area contributed by atoms with Gasteiger partial charge in [0.1, 0.15) is 18.1 Å². The highest BCUT2D eigenvalue weighted by atomic mass is 16.6. The summed E-state index contributed by atoms with van der Waals surface area (Å²) in [7, 11) is 0. The molecule has 33 heavy (non-hydrogen) atoms. The lowest BCUT2D eigenvalue weighted by Gasteiger charge is -2.24. The van der Waals surface area contributed by atoms with Gasteiger partial charge in [-0.05, 0) is 97.8 Å². The Kier molecular flexibility index (Phi) is 6.55. The SMILES string of the molecule is CCOC(=O)C(C)(C)Oc1ccc(OC/C=C(/C)c2ccc3c(c2)Cc2ccccc2-3)cc1. The maximum Gasteiger partial charge on any atom is 0.349 e. The van der Waals surface area contributed by atoms with Gasteiger partial charge in [-0.25, -0.2) is 4.79 Å². The molecule has 0 saturated carbocycles. The molecular formula is C29H30O4. The van der Waals surface area contributed by atoms with Crippen LogP contribution in [0.2, 0.25) is 0 Å². The summed E-state index contributed by atoms with van der Waals surface area (Å²) >= 11 is 0. The van der Waals surface area contributed by atoms with Gasteiger partial charge in [0.2, 0.25) is 0 Å². The minimum Gasteiger partial charge on any atom is -0.490 e. The van der Waals surface area contributed by atoms with Crippen molar-refractivity contribution >= 4 is 11.5 Å². The van der Waals surface area contributed by atoms with Crippen LogP contribution in [0.3, 0.4) is 0 Å². The minimum atomic E-state index is -1.05. The summed E-state index contributed by atoms with van der Waals surface area (Å²) in [5.74, 6) is 0.942. The summed E-state index contributed by atoms with van der Waals surface area (Å²) in [6.45, 7) is 8.07. The number of hydrogen-bond acceptors (Lipinski definition) is 4. The van der Waals surface area contributed by atoms with Crippen LogP contribution in [0.4, 0.5) is 0 Å². The van der Waals surface area contributed by atoms with Crippen LogP contribution in [0.5, 0.6) is 11.5 Å². The van der Waals surface area contributed by atoms with E-state index in [1.165, 1.54) is 33.4 Å². The van der Waals surface area contributed by atoms with E-state index in [9.17, 15) is 4.79 Å². The van der Waals surface area contributed by atoms with Gasteiger partial charge in [0.15, 0.2) is 5.60 Å². The third kappa shape index (κ3) is 5.11. The second-order valence-corrected chi connectivity index (χ2v) is 8.71. The van der Waals surface area contributed by atoms with Crippen molar-refractivity contribution in [3.63, 3.8) is 0 Å². The summed E-state index contributed by atoms with van der Waals surface area (Å²) in [5, 5.41) is 0. The molecule has 0 unspecified atom stereocenters. The largest absolute Gasteiger partial charge is 0.490 e. The lowest BCUT2D eigenvalue weighted by molar-refractivity contribution is -0.158. The molecular weight excluding hydrogens is 412 g/mol. The predicted octanol–water partition coefficient (Wildman–Crippen LogP) is 6.46. The van der Waals surface area contributed by atoms with E-state index < -0.39 is 5.60 Å². The zero-order chi connectivity index (χ0) is 23.4. The van der Waals surface area contributed by atoms with Gasteiger partial charge in [-0.2, -0.15) is 0 Å². The molecule has 0 amide bonds. The zero-order valence-electron chi connectivity index (χ0n) is 19.7. The van der Waals surface area contributed by atoms with Crippen molar-refractivity contribution in [2.24, 2.45) is 0 Å². The van der Waals surface area contributed by atoms with E-state index in [0.29, 0.717) is 19.0 Å². The molecule has 0 radical (unpaired) electrons. The number of carbonyl (C=O) groups excluding carboxylic acids is 1. The Morgan fingerprint density at radius 2 is 1.64 bits per heavy atom. The van der Waals surface area contributed by atoms with E-state index in [2.05, 4.69) is 55.5 Å². The maximum absolute atomic E-state index is 12.0. The summed E-state index contributed by atoms with van der Waals surface area (Å²) in [6, 6.07) is 22.6. The molecule has 0 aliphatic heterocycles. The van der Waals surface area contributed by atoms with Crippen molar-refractivity contribution in [2.45, 2.75) is 39.7 Å². The van der Waals surface area contributed by atoms with Crippen molar-refractivity contribution in [3.05, 3.63) is 89.5 Å². The Morgan fingerprint density at radius 3 is 2.39 bits per heavy atom. The number of ether oxygens (including phenoxy) is 3. The lowest BCUT2D eigenvalue weighted by Crippen LogP contribution is -2.39. The Balaban J connectivity index is 1.35. The van der Waals surface area contributed by atoms with Gasteiger partial charge >= 0.3 is 5.97 Å². The molecule has 170 valence electrons. The quantitative estimate of drug-likeness (QED) is 0.294. The van der Waals surface area contributed by atoms with Crippen molar-refractivity contribution < 1.29 is 19.0 Å². The first-order valence-electron chi connectivity index (χ1n) is 11.3. The molecule has 0 saturated heterocycles. The monoisotopic (exact) mass is 442 g/mol. The van der Waals surface area contributed by atoms with E-state index in [4.69, 9.17) is 14.2 Å². The van der Waals surface area contributed by atoms with Crippen molar-refractivity contribution in [2.75, 3.05) is 13.2 Å². The Bertz CT molecular complexity index is 1170. The molecule has 0 spiro atoms. The molecule has 4 heteroatoms. The first-order valence-corrected chi connectivity index (χ1v) is 11.3. The van der Waals surface area contributed by atoms with Crippen LogP contribution in [0.25, 0.3) is 16.7 Å². The second-order valence-electron chi connectivity index (χ2n) is 8.71. The topological polar surface area (TPSA) is 44.8 Å². The molecule has 1 aliphatic carbocycles. The molecule has 0 bridgehead atoms. The smallest absolute Gasteiger partial charge is 0.349 e. The third-order valence-electron chi connectivity index (χ3n) is 5.85. The average molecular weight is 443 g/mol. The van der Waals surface area contributed by atoms with Crippen LogP contribution in [0, 0.1) is 0 Å². The van der Waals surface area contributed by atoms with Crippen LogP contribution in [-0.4, -0.2) is 24.8 Å². The fourth-order valence-corrected chi connectivity index (χ4v) is 4.02. The van der Waals surface area contributed by atoms with Gasteiger partial charge in [0.25, 0.3) is 0 Å². The van der Waals surface area contributed by atoms with Gasteiger partial charge in [0.05, 0.1) is 6.61 Å². The highest BCUT2D eigenvalue weighted by Crippen LogP contribution is 2.37. The Labute approximate surface area is 195 Å². The molecule has 4 nitrogen and oxygen atoms in total. The maximum atomic E-state index is 12.0. The number of esters is 1. The fraction of sp³-hybridized carbons (Fsp3) is 0.276. The van der Waals surface area contributed by atoms with E-state index in [0.717, 1.165) is 12.2 Å². The fourth-order valence-electron chi connectivity index (χ4n) is 4.02. The molecule has 3 aromatic carbocycles. The first kappa shape index (κ1) is 22.7. The van der Waals surface area contributed by atoms with Gasteiger partial charge in [-0.15, -0.1) is 0 Å². The summed E-state index contributed by atoms with van der Waals surface area (Å²) in [6.07, 6.45) is 3.09. The molecule has 0 aromatic heterocycles. The Morgan fingerprint density at radius 1 is 0.939 bits per heavy atom. The number of fused-ring (bicyclic) bond motifs is 3. The normalized spacial score (nSPS) is 12.7. The minimum absolute atomic E-state index is 0.324. The van der Waals surface area contributed by atoms with Crippen LogP contribution < -0.4 is 9.47 Å². The summed E-state index contributed by atoms with van der Waals surface area (Å²) < 4.78 is 16.7. The van der Waals surface area contributed by atoms with Crippen LogP contribution in [0.1, 0.15) is 44.4 Å². The second kappa shape index (κ2) is 9.53. The van der Waals surface area contributed by atoms with Crippen molar-refractivity contribution in [1.29, 1.82) is 0 Å². The Hall–Kier alpha value is -3.53. The zero-order valence-corrected chi connectivity index (χ0v) is 19.7.